The number of ether oxygens (including phenoxy) is 1. The first kappa shape index (κ1) is 28.0. The Morgan fingerprint density at radius 3 is 2.33 bits per heavy atom. The molecule has 1 aliphatic carbocycles. The molecule has 0 bridgehead atoms. The molecule has 39 heavy (non-hydrogen) atoms. The van der Waals surface area contributed by atoms with Crippen molar-refractivity contribution in [1.29, 1.82) is 0 Å². The van der Waals surface area contributed by atoms with Gasteiger partial charge in [-0.2, -0.15) is 13.2 Å². The highest BCUT2D eigenvalue weighted by molar-refractivity contribution is 5.99. The Morgan fingerprint density at radius 2 is 1.69 bits per heavy atom. The van der Waals surface area contributed by atoms with E-state index in [9.17, 15) is 18.0 Å². The maximum absolute atomic E-state index is 13.2. The number of carbonyl (C=O) groups is 1. The zero-order chi connectivity index (χ0) is 28.0. The minimum atomic E-state index is -4.67. The normalized spacial score (nSPS) is 14.3. The molecule has 0 spiro atoms. The van der Waals surface area contributed by atoms with Gasteiger partial charge in [0.05, 0.1) is 11.4 Å². The maximum atomic E-state index is 13.2. The first-order valence-corrected chi connectivity index (χ1v) is 13.0. The second-order valence-corrected chi connectivity index (χ2v) is 9.40. The van der Waals surface area contributed by atoms with Gasteiger partial charge in [0.25, 0.3) is 5.91 Å². The highest BCUT2D eigenvalue weighted by atomic mass is 19.4. The zero-order valence-electron chi connectivity index (χ0n) is 22.0. The van der Waals surface area contributed by atoms with E-state index in [1.165, 1.54) is 0 Å². The largest absolute Gasteiger partial charge is 0.487 e. The Morgan fingerprint density at radius 1 is 1.00 bits per heavy atom. The monoisotopic (exact) mass is 535 g/mol. The summed E-state index contributed by atoms with van der Waals surface area (Å²) < 4.78 is 45.4. The van der Waals surface area contributed by atoms with Crippen LogP contribution in [0.3, 0.4) is 0 Å². The number of nitrogens with two attached hydrogens (primary N) is 1. The van der Waals surface area contributed by atoms with Gasteiger partial charge >= 0.3 is 6.18 Å². The van der Waals surface area contributed by atoms with Gasteiger partial charge in [-0.25, -0.2) is 4.99 Å². The Labute approximate surface area is 226 Å². The number of alkyl halides is 3. The van der Waals surface area contributed by atoms with E-state index in [1.54, 1.807) is 29.2 Å². The van der Waals surface area contributed by atoms with Crippen LogP contribution in [0.2, 0.25) is 0 Å². The van der Waals surface area contributed by atoms with E-state index in [-0.39, 0.29) is 18.2 Å². The second-order valence-electron chi connectivity index (χ2n) is 9.40. The van der Waals surface area contributed by atoms with Crippen LogP contribution < -0.4 is 10.5 Å². The fourth-order valence-corrected chi connectivity index (χ4v) is 4.28. The van der Waals surface area contributed by atoms with Gasteiger partial charge in [0, 0.05) is 18.7 Å². The van der Waals surface area contributed by atoms with Crippen molar-refractivity contribution in [2.45, 2.75) is 38.8 Å². The molecule has 1 fully saturated rings. The molecule has 1 saturated carbocycles. The number of nitrogens with zero attached hydrogens (tertiary/aromatic N) is 2. The summed E-state index contributed by atoms with van der Waals surface area (Å²) in [6.45, 7) is 4.96. The van der Waals surface area contributed by atoms with Crippen LogP contribution in [0.25, 0.3) is 11.1 Å². The van der Waals surface area contributed by atoms with Crippen LogP contribution in [0.1, 0.15) is 48.5 Å². The van der Waals surface area contributed by atoms with E-state index < -0.39 is 11.9 Å². The average Bonchev–Trinajstić information content (AvgIpc) is 3.78. The van der Waals surface area contributed by atoms with E-state index in [0.717, 1.165) is 35.6 Å². The molecular formula is C31H32F3N3O2. The number of hydrogen-bond acceptors (Lipinski definition) is 4. The van der Waals surface area contributed by atoms with Gasteiger partial charge in [0.2, 0.25) is 0 Å². The van der Waals surface area contributed by atoms with Crippen LogP contribution in [-0.2, 0) is 0 Å². The van der Waals surface area contributed by atoms with E-state index in [4.69, 9.17) is 10.5 Å². The number of hydrogen-bond donors (Lipinski definition) is 1. The first-order chi connectivity index (χ1) is 18.7. The van der Waals surface area contributed by atoms with Crippen molar-refractivity contribution >= 4 is 17.3 Å². The molecule has 3 aromatic carbocycles. The molecule has 0 aliphatic heterocycles. The summed E-state index contributed by atoms with van der Waals surface area (Å²) in [5.74, 6) is 0.823. The molecular weight excluding hydrogens is 503 g/mol. The fourth-order valence-electron chi connectivity index (χ4n) is 4.28. The van der Waals surface area contributed by atoms with Crippen molar-refractivity contribution in [3.05, 3.63) is 95.7 Å². The molecule has 0 aromatic heterocycles. The quantitative estimate of drug-likeness (QED) is 0.278. The summed E-state index contributed by atoms with van der Waals surface area (Å²) in [4.78, 5) is 19.0. The molecule has 8 heteroatoms. The third-order valence-electron chi connectivity index (χ3n) is 6.60. The number of rotatable bonds is 10. The third-order valence-corrected chi connectivity index (χ3v) is 6.60. The Kier molecular flexibility index (Phi) is 8.74. The van der Waals surface area contributed by atoms with Gasteiger partial charge in [-0.1, -0.05) is 42.5 Å². The molecule has 0 saturated heterocycles. The van der Waals surface area contributed by atoms with E-state index in [2.05, 4.69) is 4.99 Å². The zero-order valence-corrected chi connectivity index (χ0v) is 22.0. The molecule has 2 N–H and O–H groups in total. The van der Waals surface area contributed by atoms with E-state index >= 15 is 0 Å². The number of benzene rings is 3. The number of para-hydroxylation sites is 1. The van der Waals surface area contributed by atoms with Crippen LogP contribution >= 0.6 is 0 Å². The molecule has 1 amide bonds. The molecule has 0 unspecified atom stereocenters. The molecule has 5 nitrogen and oxygen atoms in total. The summed E-state index contributed by atoms with van der Waals surface area (Å²) in [6, 6.07) is 22.0. The molecule has 4 rings (SSSR count). The summed E-state index contributed by atoms with van der Waals surface area (Å²) in [7, 11) is 0. The fraction of sp³-hybridized carbons (Fsp3) is 0.290. The SMILES string of the molecule is CCN(CC)C(=O)c1cccc(-c2ccc(OCC(C=C(N)C(F)(F)F)=Nc3ccccc3C3CC3)cc2)c1. The van der Waals surface area contributed by atoms with Gasteiger partial charge in [0.1, 0.15) is 18.1 Å². The molecule has 0 atom stereocenters. The number of allylic oxidation sites excluding steroid dienone is 1. The van der Waals surface area contributed by atoms with Crippen LogP contribution in [0.4, 0.5) is 18.9 Å². The molecule has 1 aliphatic rings. The molecule has 204 valence electrons. The summed E-state index contributed by atoms with van der Waals surface area (Å²) in [6.07, 6.45) is -1.76. The van der Waals surface area contributed by atoms with Crippen molar-refractivity contribution < 1.29 is 22.7 Å². The van der Waals surface area contributed by atoms with Gasteiger partial charge in [-0.3, -0.25) is 4.79 Å². The van der Waals surface area contributed by atoms with Crippen molar-refractivity contribution in [3.63, 3.8) is 0 Å². The number of halogens is 3. The van der Waals surface area contributed by atoms with Crippen LogP contribution in [-0.4, -0.2) is 42.4 Å². The lowest BCUT2D eigenvalue weighted by atomic mass is 10.0. The van der Waals surface area contributed by atoms with Crippen LogP contribution in [0.5, 0.6) is 5.75 Å². The lowest BCUT2D eigenvalue weighted by Crippen LogP contribution is -2.30. The standard InChI is InChI=1S/C31H32F3N3O2/c1-3-37(4-2)30(38)24-9-7-8-23(18-24)21-14-16-26(17-15-21)39-20-25(19-29(35)31(32,33)34)36-28-11-6-5-10-27(28)22-12-13-22/h5-11,14-19,22H,3-4,12-13,20,35H2,1-2H3. The average molecular weight is 536 g/mol. The topological polar surface area (TPSA) is 67.9 Å². The first-order valence-electron chi connectivity index (χ1n) is 13.0. The molecule has 0 heterocycles. The van der Waals surface area contributed by atoms with Gasteiger partial charge in [0.15, 0.2) is 0 Å². The lowest BCUT2D eigenvalue weighted by Gasteiger charge is -2.19. The van der Waals surface area contributed by atoms with Gasteiger partial charge < -0.3 is 15.4 Å². The second kappa shape index (κ2) is 12.2. The number of carbonyl (C=O) groups excluding carboxylic acids is 1. The molecule has 0 radical (unpaired) electrons. The van der Waals surface area contributed by atoms with Gasteiger partial charge in [-0.15, -0.1) is 0 Å². The van der Waals surface area contributed by atoms with Crippen LogP contribution in [0, 0.1) is 0 Å². The minimum absolute atomic E-state index is 0.0249. The Bertz CT molecular complexity index is 1360. The van der Waals surface area contributed by atoms with E-state index in [1.807, 2.05) is 62.4 Å². The lowest BCUT2D eigenvalue weighted by molar-refractivity contribution is -0.0925. The molecule has 3 aromatic rings. The minimum Gasteiger partial charge on any atom is -0.487 e. The number of amides is 1. The highest BCUT2D eigenvalue weighted by Gasteiger charge is 2.32. The van der Waals surface area contributed by atoms with Gasteiger partial charge in [-0.05, 0) is 85.7 Å². The Hall–Kier alpha value is -4.07. The predicted octanol–water partition coefficient (Wildman–Crippen LogP) is 7.27. The van der Waals surface area contributed by atoms with Crippen molar-refractivity contribution in [2.75, 3.05) is 19.7 Å². The number of aliphatic imine (C=N–C) groups is 1. The summed E-state index contributed by atoms with van der Waals surface area (Å²) >= 11 is 0. The third kappa shape index (κ3) is 7.28. The predicted molar refractivity (Wildman–Crippen MR) is 148 cm³/mol. The van der Waals surface area contributed by atoms with Crippen molar-refractivity contribution in [1.82, 2.24) is 4.90 Å². The summed E-state index contributed by atoms with van der Waals surface area (Å²) in [5.41, 5.74) is 8.15. The van der Waals surface area contributed by atoms with Crippen LogP contribution in [0.15, 0.2) is 89.6 Å². The van der Waals surface area contributed by atoms with E-state index in [0.29, 0.717) is 36.0 Å². The highest BCUT2D eigenvalue weighted by Crippen LogP contribution is 2.44. The smallest absolute Gasteiger partial charge is 0.430 e. The van der Waals surface area contributed by atoms with Crippen molar-refractivity contribution in [2.24, 2.45) is 10.7 Å². The summed E-state index contributed by atoms with van der Waals surface area (Å²) in [5, 5.41) is 0. The van der Waals surface area contributed by atoms with Crippen molar-refractivity contribution in [3.8, 4) is 16.9 Å². The maximum Gasteiger partial charge on any atom is 0.430 e. The Balaban J connectivity index is 1.53.